The lowest BCUT2D eigenvalue weighted by Crippen LogP contribution is -2.25. The number of tetrazole rings is 1. The molecule has 0 atom stereocenters. The van der Waals surface area contributed by atoms with Crippen molar-refractivity contribution in [3.8, 4) is 0 Å². The molecule has 8 heteroatoms. The van der Waals surface area contributed by atoms with E-state index in [1.807, 2.05) is 0 Å². The second-order valence-electron chi connectivity index (χ2n) is 4.21. The molecule has 6 nitrogen and oxygen atoms in total. The highest BCUT2D eigenvalue weighted by atomic mass is 19.3. The number of pyridine rings is 1. The van der Waals surface area contributed by atoms with Crippen molar-refractivity contribution in [1.82, 2.24) is 24.8 Å². The van der Waals surface area contributed by atoms with Crippen LogP contribution in [0.25, 0.3) is 0 Å². The Kier molecular flexibility index (Phi) is 3.41. The average molecular weight is 269 g/mol. The van der Waals surface area contributed by atoms with Gasteiger partial charge in [0, 0.05) is 31.4 Å². The van der Waals surface area contributed by atoms with E-state index in [2.05, 4.69) is 15.4 Å². The summed E-state index contributed by atoms with van der Waals surface area (Å²) in [6.07, 6.45) is 2.53. The molecule has 0 saturated heterocycles. The van der Waals surface area contributed by atoms with Gasteiger partial charge in [0.25, 0.3) is 5.92 Å². The van der Waals surface area contributed by atoms with Gasteiger partial charge >= 0.3 is 5.69 Å². The maximum atomic E-state index is 13.2. The summed E-state index contributed by atoms with van der Waals surface area (Å²) in [5.74, 6) is -2.96. The van der Waals surface area contributed by atoms with Crippen LogP contribution < -0.4 is 5.69 Å². The van der Waals surface area contributed by atoms with Gasteiger partial charge in [0.1, 0.15) is 0 Å². The Labute approximate surface area is 107 Å². The molecule has 0 bridgehead atoms. The topological polar surface area (TPSA) is 65.6 Å². The van der Waals surface area contributed by atoms with Crippen molar-refractivity contribution in [3.63, 3.8) is 0 Å². The first-order valence-corrected chi connectivity index (χ1v) is 5.74. The van der Waals surface area contributed by atoms with Gasteiger partial charge in [-0.05, 0) is 29.0 Å². The van der Waals surface area contributed by atoms with E-state index in [0.29, 0.717) is 12.1 Å². The number of hydrogen-bond donors (Lipinski definition) is 0. The minimum atomic E-state index is -2.96. The molecule has 0 radical (unpaired) electrons. The number of alkyl halides is 2. The van der Waals surface area contributed by atoms with Gasteiger partial charge < -0.3 is 0 Å². The summed E-state index contributed by atoms with van der Waals surface area (Å²) in [5.41, 5.74) is -0.0960. The van der Waals surface area contributed by atoms with E-state index in [9.17, 15) is 13.6 Å². The molecule has 0 N–H and O–H groups in total. The summed E-state index contributed by atoms with van der Waals surface area (Å²) in [6, 6.07) is 1.31. The maximum Gasteiger partial charge on any atom is 0.363 e. The van der Waals surface area contributed by atoms with Gasteiger partial charge in [0.15, 0.2) is 0 Å². The number of hydrogen-bond acceptors (Lipinski definition) is 4. The SMILES string of the molecule is CCn1nnn(Cc2cncc(C(C)(F)F)c2)c1=O. The Morgan fingerprint density at radius 1 is 1.26 bits per heavy atom. The third-order valence-corrected chi connectivity index (χ3v) is 2.63. The number of rotatable bonds is 4. The van der Waals surface area contributed by atoms with Gasteiger partial charge in [-0.2, -0.15) is 9.36 Å². The van der Waals surface area contributed by atoms with Gasteiger partial charge in [-0.25, -0.2) is 13.6 Å². The Balaban J connectivity index is 2.29. The predicted octanol–water partition coefficient (Wildman–Crippen LogP) is 1.01. The molecular formula is C11H13F2N5O. The fourth-order valence-corrected chi connectivity index (χ4v) is 1.59. The largest absolute Gasteiger partial charge is 0.363 e. The van der Waals surface area contributed by atoms with Crippen LogP contribution in [0.15, 0.2) is 23.3 Å². The summed E-state index contributed by atoms with van der Waals surface area (Å²) in [4.78, 5) is 15.5. The highest BCUT2D eigenvalue weighted by molar-refractivity contribution is 5.21. The van der Waals surface area contributed by atoms with E-state index in [-0.39, 0.29) is 17.8 Å². The second kappa shape index (κ2) is 4.87. The summed E-state index contributed by atoms with van der Waals surface area (Å²) >= 11 is 0. The molecule has 0 aromatic carbocycles. The van der Waals surface area contributed by atoms with Crippen molar-refractivity contribution in [2.75, 3.05) is 0 Å². The van der Waals surface area contributed by atoms with Crippen LogP contribution in [0.3, 0.4) is 0 Å². The molecule has 0 unspecified atom stereocenters. The molecule has 0 saturated carbocycles. The third-order valence-electron chi connectivity index (χ3n) is 2.63. The number of halogens is 2. The normalized spacial score (nSPS) is 11.8. The smallest absolute Gasteiger partial charge is 0.264 e. The molecule has 0 aliphatic carbocycles. The van der Waals surface area contributed by atoms with Crippen molar-refractivity contribution >= 4 is 0 Å². The van der Waals surface area contributed by atoms with Crippen LogP contribution in [-0.2, 0) is 19.0 Å². The zero-order valence-corrected chi connectivity index (χ0v) is 10.5. The van der Waals surface area contributed by atoms with Crippen molar-refractivity contribution in [2.24, 2.45) is 0 Å². The fraction of sp³-hybridized carbons (Fsp3) is 0.455. The predicted molar refractivity (Wildman–Crippen MR) is 62.9 cm³/mol. The van der Waals surface area contributed by atoms with E-state index in [1.165, 1.54) is 16.9 Å². The fourth-order valence-electron chi connectivity index (χ4n) is 1.59. The quantitative estimate of drug-likeness (QED) is 0.831. The van der Waals surface area contributed by atoms with Gasteiger partial charge in [0.05, 0.1) is 6.54 Å². The lowest BCUT2D eigenvalue weighted by Gasteiger charge is -2.10. The molecule has 102 valence electrons. The summed E-state index contributed by atoms with van der Waals surface area (Å²) < 4.78 is 28.6. The molecule has 0 spiro atoms. The van der Waals surface area contributed by atoms with Crippen LogP contribution >= 0.6 is 0 Å². The first-order valence-electron chi connectivity index (χ1n) is 5.74. The first-order chi connectivity index (χ1) is 8.91. The second-order valence-corrected chi connectivity index (χ2v) is 4.21. The molecule has 19 heavy (non-hydrogen) atoms. The number of aryl methyl sites for hydroxylation is 1. The first kappa shape index (κ1) is 13.3. The molecule has 0 aliphatic heterocycles. The van der Waals surface area contributed by atoms with Crippen LogP contribution in [0.4, 0.5) is 8.78 Å². The lowest BCUT2D eigenvalue weighted by molar-refractivity contribution is 0.0170. The van der Waals surface area contributed by atoms with Crippen LogP contribution in [0.2, 0.25) is 0 Å². The highest BCUT2D eigenvalue weighted by Crippen LogP contribution is 2.26. The van der Waals surface area contributed by atoms with Crippen LogP contribution in [-0.4, -0.2) is 24.8 Å². The summed E-state index contributed by atoms with van der Waals surface area (Å²) in [6.45, 7) is 3.04. The van der Waals surface area contributed by atoms with Gasteiger partial charge in [-0.15, -0.1) is 0 Å². The highest BCUT2D eigenvalue weighted by Gasteiger charge is 2.24. The molecule has 2 aromatic rings. The zero-order valence-electron chi connectivity index (χ0n) is 10.5. The van der Waals surface area contributed by atoms with Crippen LogP contribution in [0, 0.1) is 0 Å². The molecular weight excluding hydrogens is 256 g/mol. The molecule has 0 amide bonds. The molecule has 2 aromatic heterocycles. The monoisotopic (exact) mass is 269 g/mol. The molecule has 0 fully saturated rings. The molecule has 2 heterocycles. The van der Waals surface area contributed by atoms with Crippen molar-refractivity contribution in [3.05, 3.63) is 40.1 Å². The number of aromatic nitrogens is 5. The molecule has 0 aliphatic rings. The van der Waals surface area contributed by atoms with Crippen LogP contribution in [0.5, 0.6) is 0 Å². The standard InChI is InChI=1S/C11H13F2N5O/c1-3-17-10(19)18(16-15-17)7-8-4-9(6-14-5-8)11(2,12)13/h4-6H,3,7H2,1-2H3. The third kappa shape index (κ3) is 2.83. The van der Waals surface area contributed by atoms with Gasteiger partial charge in [-0.1, -0.05) is 0 Å². The minimum Gasteiger partial charge on any atom is -0.264 e. The molecule has 2 rings (SSSR count). The average Bonchev–Trinajstić information content (AvgIpc) is 2.70. The van der Waals surface area contributed by atoms with E-state index in [4.69, 9.17) is 0 Å². The van der Waals surface area contributed by atoms with Crippen molar-refractivity contribution < 1.29 is 8.78 Å². The lowest BCUT2D eigenvalue weighted by atomic mass is 10.1. The van der Waals surface area contributed by atoms with Gasteiger partial charge in [0.2, 0.25) is 0 Å². The van der Waals surface area contributed by atoms with Crippen molar-refractivity contribution in [2.45, 2.75) is 32.9 Å². The van der Waals surface area contributed by atoms with E-state index in [1.54, 1.807) is 6.92 Å². The van der Waals surface area contributed by atoms with E-state index in [0.717, 1.165) is 17.8 Å². The van der Waals surface area contributed by atoms with Gasteiger partial charge in [-0.3, -0.25) is 4.98 Å². The Bertz CT molecular complexity index is 629. The summed E-state index contributed by atoms with van der Waals surface area (Å²) in [5, 5.41) is 7.33. The minimum absolute atomic E-state index is 0.0652. The van der Waals surface area contributed by atoms with E-state index >= 15 is 0 Å². The summed E-state index contributed by atoms with van der Waals surface area (Å²) in [7, 11) is 0. The van der Waals surface area contributed by atoms with E-state index < -0.39 is 5.92 Å². The Morgan fingerprint density at radius 3 is 2.53 bits per heavy atom. The van der Waals surface area contributed by atoms with Crippen molar-refractivity contribution in [1.29, 1.82) is 0 Å². The van der Waals surface area contributed by atoms with Crippen LogP contribution in [0.1, 0.15) is 25.0 Å². The Morgan fingerprint density at radius 2 is 1.95 bits per heavy atom. The maximum absolute atomic E-state index is 13.2. The number of nitrogens with zero attached hydrogens (tertiary/aromatic N) is 5. The Hall–Kier alpha value is -2.12. The zero-order chi connectivity index (χ0) is 14.0.